The Kier molecular flexibility index (Phi) is 5.05. The molecule has 1 N–H and O–H groups in total. The summed E-state index contributed by atoms with van der Waals surface area (Å²) >= 11 is 8.00. The Bertz CT molecular complexity index is 364. The molecule has 0 bridgehead atoms. The van der Waals surface area contributed by atoms with Gasteiger partial charge in [0, 0.05) is 23.8 Å². The number of aryl methyl sites for hydroxylation is 2. The molecule has 2 nitrogen and oxygen atoms in total. The van der Waals surface area contributed by atoms with Gasteiger partial charge in [0.05, 0.1) is 5.69 Å². The quantitative estimate of drug-likeness (QED) is 0.827. The van der Waals surface area contributed by atoms with Crippen molar-refractivity contribution in [1.82, 2.24) is 10.3 Å². The highest BCUT2D eigenvalue weighted by molar-refractivity contribution is 7.11. The summed E-state index contributed by atoms with van der Waals surface area (Å²) in [6.45, 7) is 6.14. The van der Waals surface area contributed by atoms with Crippen molar-refractivity contribution in [3.8, 4) is 0 Å². The molecule has 18 heavy (non-hydrogen) atoms. The lowest BCUT2D eigenvalue weighted by Gasteiger charge is -2.35. The number of alkyl halides is 1. The van der Waals surface area contributed by atoms with E-state index in [2.05, 4.69) is 24.1 Å². The van der Waals surface area contributed by atoms with E-state index in [9.17, 15) is 0 Å². The predicted molar refractivity (Wildman–Crippen MR) is 79.5 cm³/mol. The van der Waals surface area contributed by atoms with Crippen LogP contribution >= 0.6 is 22.9 Å². The molecule has 1 heterocycles. The van der Waals surface area contributed by atoms with Crippen molar-refractivity contribution in [2.75, 3.05) is 12.4 Å². The predicted octanol–water partition coefficient (Wildman–Crippen LogP) is 4.04. The molecule has 1 aromatic rings. The van der Waals surface area contributed by atoms with Gasteiger partial charge >= 0.3 is 0 Å². The zero-order chi connectivity index (χ0) is 13.0. The van der Waals surface area contributed by atoms with Gasteiger partial charge in [-0.25, -0.2) is 4.98 Å². The van der Waals surface area contributed by atoms with Gasteiger partial charge in [-0.15, -0.1) is 22.9 Å². The van der Waals surface area contributed by atoms with Gasteiger partial charge in [-0.1, -0.05) is 19.3 Å². The lowest BCUT2D eigenvalue weighted by atomic mass is 9.75. The maximum absolute atomic E-state index is 6.20. The summed E-state index contributed by atoms with van der Waals surface area (Å²) in [4.78, 5) is 5.89. The molecular weight excluding hydrogens is 264 g/mol. The maximum atomic E-state index is 6.20. The van der Waals surface area contributed by atoms with E-state index in [4.69, 9.17) is 11.6 Å². The first kappa shape index (κ1) is 14.3. The number of hydrogen-bond donors (Lipinski definition) is 1. The Morgan fingerprint density at radius 1 is 1.28 bits per heavy atom. The van der Waals surface area contributed by atoms with Crippen molar-refractivity contribution in [2.45, 2.75) is 52.5 Å². The van der Waals surface area contributed by atoms with Crippen LogP contribution in [0.3, 0.4) is 0 Å². The molecule has 1 saturated carbocycles. The van der Waals surface area contributed by atoms with Crippen LogP contribution in [0.25, 0.3) is 0 Å². The Morgan fingerprint density at radius 3 is 2.56 bits per heavy atom. The average molecular weight is 287 g/mol. The molecule has 4 heteroatoms. The number of rotatable bonds is 5. The van der Waals surface area contributed by atoms with Crippen molar-refractivity contribution in [1.29, 1.82) is 0 Å². The van der Waals surface area contributed by atoms with Crippen molar-refractivity contribution in [3.05, 3.63) is 15.6 Å². The Labute approximate surface area is 119 Å². The summed E-state index contributed by atoms with van der Waals surface area (Å²) in [6, 6.07) is 0. The molecule has 0 amide bonds. The third-order valence-electron chi connectivity index (χ3n) is 4.05. The van der Waals surface area contributed by atoms with Crippen molar-refractivity contribution in [3.63, 3.8) is 0 Å². The summed E-state index contributed by atoms with van der Waals surface area (Å²) in [5.41, 5.74) is 1.50. The van der Waals surface area contributed by atoms with Gasteiger partial charge in [0.1, 0.15) is 5.01 Å². The van der Waals surface area contributed by atoms with Crippen LogP contribution in [0.15, 0.2) is 0 Å². The number of nitrogens with one attached hydrogen (secondary N) is 1. The fraction of sp³-hybridized carbons (Fsp3) is 0.786. The Hall–Kier alpha value is -0.120. The van der Waals surface area contributed by atoms with E-state index in [0.29, 0.717) is 5.41 Å². The number of aromatic nitrogens is 1. The fourth-order valence-corrected chi connectivity index (χ4v) is 3.97. The summed E-state index contributed by atoms with van der Waals surface area (Å²) in [7, 11) is 0. The lowest BCUT2D eigenvalue weighted by molar-refractivity contribution is 0.212. The lowest BCUT2D eigenvalue weighted by Crippen LogP contribution is -2.37. The van der Waals surface area contributed by atoms with E-state index in [1.165, 1.54) is 47.7 Å². The molecule has 2 rings (SSSR count). The van der Waals surface area contributed by atoms with E-state index in [1.807, 2.05) is 0 Å². The van der Waals surface area contributed by atoms with Crippen molar-refractivity contribution < 1.29 is 0 Å². The van der Waals surface area contributed by atoms with E-state index in [0.717, 1.165) is 19.0 Å². The highest BCUT2D eigenvalue weighted by atomic mass is 35.5. The van der Waals surface area contributed by atoms with E-state index in [1.54, 1.807) is 11.3 Å². The second-order valence-electron chi connectivity index (χ2n) is 5.55. The SMILES string of the molecule is Cc1nc(CNCC2(CCl)CCCCC2)sc1C. The second kappa shape index (κ2) is 6.36. The summed E-state index contributed by atoms with van der Waals surface area (Å²) < 4.78 is 0. The van der Waals surface area contributed by atoms with Crippen molar-refractivity contribution >= 4 is 22.9 Å². The molecule has 1 aliphatic rings. The summed E-state index contributed by atoms with van der Waals surface area (Å²) in [5.74, 6) is 0.788. The van der Waals surface area contributed by atoms with Gasteiger partial charge in [-0.2, -0.15) is 0 Å². The minimum absolute atomic E-state index is 0.334. The standard InChI is InChI=1S/C14H23ClN2S/c1-11-12(2)18-13(17-11)8-16-10-14(9-15)6-4-3-5-7-14/h16H,3-10H2,1-2H3. The first-order valence-corrected chi connectivity index (χ1v) is 8.20. The Morgan fingerprint density at radius 2 is 2.00 bits per heavy atom. The topological polar surface area (TPSA) is 24.9 Å². The summed E-state index contributed by atoms with van der Waals surface area (Å²) in [6.07, 6.45) is 6.61. The highest BCUT2D eigenvalue weighted by Crippen LogP contribution is 2.36. The molecule has 0 radical (unpaired) electrons. The minimum Gasteiger partial charge on any atom is -0.310 e. The molecule has 1 aromatic heterocycles. The maximum Gasteiger partial charge on any atom is 0.107 e. The normalized spacial score (nSPS) is 19.1. The van der Waals surface area contributed by atoms with Crippen LogP contribution in [-0.2, 0) is 6.54 Å². The minimum atomic E-state index is 0.334. The number of nitrogens with zero attached hydrogens (tertiary/aromatic N) is 1. The van der Waals surface area contributed by atoms with Gasteiger partial charge in [0.15, 0.2) is 0 Å². The number of halogens is 1. The van der Waals surface area contributed by atoms with Crippen LogP contribution in [0.2, 0.25) is 0 Å². The zero-order valence-corrected chi connectivity index (χ0v) is 13.0. The van der Waals surface area contributed by atoms with Crippen LogP contribution in [0.5, 0.6) is 0 Å². The van der Waals surface area contributed by atoms with E-state index in [-0.39, 0.29) is 0 Å². The fourth-order valence-electron chi connectivity index (χ4n) is 2.71. The third-order valence-corrected chi connectivity index (χ3v) is 5.69. The molecule has 0 unspecified atom stereocenters. The number of hydrogen-bond acceptors (Lipinski definition) is 3. The van der Waals surface area contributed by atoms with E-state index >= 15 is 0 Å². The molecule has 1 aliphatic carbocycles. The third kappa shape index (κ3) is 3.46. The van der Waals surface area contributed by atoms with Gasteiger partial charge in [0.2, 0.25) is 0 Å². The van der Waals surface area contributed by atoms with Crippen LogP contribution in [0.4, 0.5) is 0 Å². The zero-order valence-electron chi connectivity index (χ0n) is 11.4. The second-order valence-corrected chi connectivity index (χ2v) is 7.10. The molecular formula is C14H23ClN2S. The highest BCUT2D eigenvalue weighted by Gasteiger charge is 2.30. The molecule has 1 fully saturated rings. The summed E-state index contributed by atoms with van der Waals surface area (Å²) in [5, 5.41) is 4.77. The van der Waals surface area contributed by atoms with Crippen LogP contribution in [0.1, 0.15) is 47.7 Å². The van der Waals surface area contributed by atoms with Gasteiger partial charge in [-0.3, -0.25) is 0 Å². The molecule has 0 atom stereocenters. The number of thiazole rings is 1. The van der Waals surface area contributed by atoms with Gasteiger partial charge < -0.3 is 5.32 Å². The van der Waals surface area contributed by atoms with E-state index < -0.39 is 0 Å². The van der Waals surface area contributed by atoms with Crippen LogP contribution < -0.4 is 5.32 Å². The molecule has 0 aromatic carbocycles. The first-order valence-electron chi connectivity index (χ1n) is 6.85. The Balaban J connectivity index is 1.83. The van der Waals surface area contributed by atoms with Crippen LogP contribution in [-0.4, -0.2) is 17.4 Å². The van der Waals surface area contributed by atoms with Crippen molar-refractivity contribution in [2.24, 2.45) is 5.41 Å². The molecule has 102 valence electrons. The largest absolute Gasteiger partial charge is 0.310 e. The van der Waals surface area contributed by atoms with Crippen LogP contribution in [0, 0.1) is 19.3 Å². The van der Waals surface area contributed by atoms with Gasteiger partial charge in [-0.05, 0) is 32.1 Å². The smallest absolute Gasteiger partial charge is 0.107 e. The average Bonchev–Trinajstić information content (AvgIpc) is 2.70. The molecule has 0 saturated heterocycles. The molecule has 0 spiro atoms. The molecule has 0 aliphatic heterocycles. The monoisotopic (exact) mass is 286 g/mol. The van der Waals surface area contributed by atoms with Gasteiger partial charge in [0.25, 0.3) is 0 Å². The first-order chi connectivity index (χ1) is 8.65.